The Bertz CT molecular complexity index is 458. The van der Waals surface area contributed by atoms with Crippen LogP contribution in [0.25, 0.3) is 10.6 Å². The molecule has 2 aromatic heterocycles. The van der Waals surface area contributed by atoms with Crippen molar-refractivity contribution in [3.63, 3.8) is 0 Å². The van der Waals surface area contributed by atoms with E-state index in [0.717, 1.165) is 20.2 Å². The predicted octanol–water partition coefficient (Wildman–Crippen LogP) is 3.75. The molecule has 2 heterocycles. The van der Waals surface area contributed by atoms with E-state index in [1.807, 2.05) is 18.2 Å². The van der Waals surface area contributed by atoms with Gasteiger partial charge in [-0.15, -0.1) is 22.9 Å². The van der Waals surface area contributed by atoms with Crippen molar-refractivity contribution >= 4 is 38.9 Å². The van der Waals surface area contributed by atoms with Gasteiger partial charge in [-0.2, -0.15) is 0 Å². The van der Waals surface area contributed by atoms with Crippen molar-refractivity contribution < 1.29 is 0 Å². The first-order chi connectivity index (χ1) is 7.29. The van der Waals surface area contributed by atoms with Crippen LogP contribution in [-0.2, 0) is 6.42 Å². The molecule has 2 aromatic rings. The Morgan fingerprint density at radius 3 is 2.87 bits per heavy atom. The molecule has 0 aromatic carbocycles. The van der Waals surface area contributed by atoms with Crippen LogP contribution in [0.1, 0.15) is 5.82 Å². The van der Waals surface area contributed by atoms with Crippen molar-refractivity contribution in [3.8, 4) is 10.6 Å². The van der Waals surface area contributed by atoms with Crippen molar-refractivity contribution in [2.24, 2.45) is 0 Å². The molecule has 0 N–H and O–H groups in total. The van der Waals surface area contributed by atoms with Crippen LogP contribution < -0.4 is 0 Å². The van der Waals surface area contributed by atoms with Crippen molar-refractivity contribution in [2.45, 2.75) is 6.42 Å². The lowest BCUT2D eigenvalue weighted by Gasteiger charge is -1.99. The van der Waals surface area contributed by atoms with E-state index in [4.69, 9.17) is 11.6 Å². The first-order valence-electron chi connectivity index (χ1n) is 4.43. The van der Waals surface area contributed by atoms with E-state index in [1.54, 1.807) is 17.5 Å². The summed E-state index contributed by atoms with van der Waals surface area (Å²) in [6.45, 7) is 0. The highest BCUT2D eigenvalue weighted by molar-refractivity contribution is 9.11. The fraction of sp³-hybridized carbons (Fsp3) is 0.200. The summed E-state index contributed by atoms with van der Waals surface area (Å²) in [4.78, 5) is 9.74. The zero-order valence-electron chi connectivity index (χ0n) is 7.78. The van der Waals surface area contributed by atoms with Crippen LogP contribution in [0.15, 0.2) is 28.2 Å². The first kappa shape index (κ1) is 11.0. The Balaban J connectivity index is 2.32. The number of hydrogen-bond acceptors (Lipinski definition) is 3. The summed E-state index contributed by atoms with van der Waals surface area (Å²) >= 11 is 10.7. The van der Waals surface area contributed by atoms with Crippen LogP contribution >= 0.6 is 38.9 Å². The molecule has 0 aliphatic carbocycles. The molecule has 0 aliphatic rings. The molecule has 0 fully saturated rings. The summed E-state index contributed by atoms with van der Waals surface area (Å²) in [7, 11) is 0. The van der Waals surface area contributed by atoms with Gasteiger partial charge in [-0.05, 0) is 34.1 Å². The number of rotatable bonds is 3. The smallest absolute Gasteiger partial charge is 0.130 e. The van der Waals surface area contributed by atoms with Gasteiger partial charge in [0.25, 0.3) is 0 Å². The molecule has 78 valence electrons. The fourth-order valence-electron chi connectivity index (χ4n) is 1.19. The molecule has 0 spiro atoms. The maximum absolute atomic E-state index is 5.65. The van der Waals surface area contributed by atoms with Gasteiger partial charge in [0.15, 0.2) is 0 Å². The molecule has 0 aliphatic heterocycles. The van der Waals surface area contributed by atoms with Gasteiger partial charge < -0.3 is 0 Å². The van der Waals surface area contributed by atoms with Crippen LogP contribution in [0, 0.1) is 0 Å². The average Bonchev–Trinajstić information content (AvgIpc) is 2.66. The lowest BCUT2D eigenvalue weighted by atomic mass is 10.3. The van der Waals surface area contributed by atoms with Gasteiger partial charge in [0.2, 0.25) is 0 Å². The molecule has 2 nitrogen and oxygen atoms in total. The molecule has 0 atom stereocenters. The average molecular weight is 304 g/mol. The second-order valence-corrected chi connectivity index (χ2v) is 5.74. The molecule has 0 saturated carbocycles. The Morgan fingerprint density at radius 2 is 2.20 bits per heavy atom. The number of thiophene rings is 1. The minimum atomic E-state index is 0.553. The van der Waals surface area contributed by atoms with Crippen molar-refractivity contribution in [1.29, 1.82) is 0 Å². The van der Waals surface area contributed by atoms with E-state index >= 15 is 0 Å². The van der Waals surface area contributed by atoms with Crippen molar-refractivity contribution in [1.82, 2.24) is 9.97 Å². The Kier molecular flexibility index (Phi) is 3.72. The summed E-state index contributed by atoms with van der Waals surface area (Å²) in [5, 5.41) is 0. The highest BCUT2D eigenvalue weighted by Crippen LogP contribution is 2.29. The van der Waals surface area contributed by atoms with Gasteiger partial charge in [0.1, 0.15) is 5.82 Å². The standard InChI is InChI=1S/C10H8BrClN2S/c11-9-2-1-8(15-9)7-4-6-13-10(14-7)3-5-12/h1-2,4,6H,3,5H2. The highest BCUT2D eigenvalue weighted by atomic mass is 79.9. The molecule has 2 rings (SSSR count). The maximum Gasteiger partial charge on any atom is 0.130 e. The van der Waals surface area contributed by atoms with Crippen LogP contribution in [0.2, 0.25) is 0 Å². The minimum absolute atomic E-state index is 0.553. The number of alkyl halides is 1. The van der Waals surface area contributed by atoms with Gasteiger partial charge in [0.05, 0.1) is 14.4 Å². The molecule has 0 radical (unpaired) electrons. The number of halogens is 2. The van der Waals surface area contributed by atoms with Crippen molar-refractivity contribution in [3.05, 3.63) is 34.0 Å². The Hall–Kier alpha value is -0.450. The maximum atomic E-state index is 5.65. The highest BCUT2D eigenvalue weighted by Gasteiger charge is 2.04. The normalized spacial score (nSPS) is 10.5. The molecular formula is C10H8BrClN2S. The van der Waals surface area contributed by atoms with Gasteiger partial charge in [0, 0.05) is 18.5 Å². The quantitative estimate of drug-likeness (QED) is 0.807. The third-order valence-electron chi connectivity index (χ3n) is 1.85. The summed E-state index contributed by atoms with van der Waals surface area (Å²) in [6.07, 6.45) is 2.49. The largest absolute Gasteiger partial charge is 0.241 e. The zero-order chi connectivity index (χ0) is 10.7. The predicted molar refractivity (Wildman–Crippen MR) is 67.5 cm³/mol. The van der Waals surface area contributed by atoms with Gasteiger partial charge >= 0.3 is 0 Å². The summed E-state index contributed by atoms with van der Waals surface area (Å²) in [6, 6.07) is 5.97. The molecule has 5 heteroatoms. The monoisotopic (exact) mass is 302 g/mol. The molecular weight excluding hydrogens is 296 g/mol. The van der Waals surface area contributed by atoms with E-state index in [9.17, 15) is 0 Å². The van der Waals surface area contributed by atoms with Crippen LogP contribution in [0.4, 0.5) is 0 Å². The number of nitrogens with zero attached hydrogens (tertiary/aromatic N) is 2. The summed E-state index contributed by atoms with van der Waals surface area (Å²) < 4.78 is 1.11. The fourth-order valence-corrected chi connectivity index (χ4v) is 2.72. The Morgan fingerprint density at radius 1 is 1.33 bits per heavy atom. The molecule has 15 heavy (non-hydrogen) atoms. The van der Waals surface area contributed by atoms with Crippen LogP contribution in [0.5, 0.6) is 0 Å². The third-order valence-corrected chi connectivity index (χ3v) is 3.68. The van der Waals surface area contributed by atoms with Gasteiger partial charge in [-0.25, -0.2) is 9.97 Å². The van der Waals surface area contributed by atoms with Crippen LogP contribution in [0.3, 0.4) is 0 Å². The van der Waals surface area contributed by atoms with E-state index in [2.05, 4.69) is 25.9 Å². The second kappa shape index (κ2) is 5.05. The number of hydrogen-bond donors (Lipinski definition) is 0. The Labute approximate surface area is 105 Å². The lowest BCUT2D eigenvalue weighted by molar-refractivity contribution is 0.949. The van der Waals surface area contributed by atoms with E-state index < -0.39 is 0 Å². The van der Waals surface area contributed by atoms with E-state index in [1.165, 1.54) is 0 Å². The zero-order valence-corrected chi connectivity index (χ0v) is 10.9. The van der Waals surface area contributed by atoms with Crippen molar-refractivity contribution in [2.75, 3.05) is 5.88 Å². The van der Waals surface area contributed by atoms with Gasteiger partial charge in [-0.3, -0.25) is 0 Å². The minimum Gasteiger partial charge on any atom is -0.241 e. The van der Waals surface area contributed by atoms with Gasteiger partial charge in [-0.1, -0.05) is 0 Å². The third kappa shape index (κ3) is 2.77. The molecule has 0 amide bonds. The first-order valence-corrected chi connectivity index (χ1v) is 6.57. The van der Waals surface area contributed by atoms with E-state index in [-0.39, 0.29) is 0 Å². The summed E-state index contributed by atoms with van der Waals surface area (Å²) in [5.41, 5.74) is 0.959. The topological polar surface area (TPSA) is 25.8 Å². The second-order valence-electron chi connectivity index (χ2n) is 2.90. The molecule has 0 unspecified atom stereocenters. The summed E-state index contributed by atoms with van der Waals surface area (Å²) in [5.74, 6) is 1.35. The van der Waals surface area contributed by atoms with Crippen LogP contribution in [-0.4, -0.2) is 15.8 Å². The lowest BCUT2D eigenvalue weighted by Crippen LogP contribution is -1.96. The van der Waals surface area contributed by atoms with E-state index in [0.29, 0.717) is 12.3 Å². The SMILES string of the molecule is ClCCc1nccc(-c2ccc(Br)s2)n1. The number of aromatic nitrogens is 2. The number of aryl methyl sites for hydroxylation is 1. The molecule has 0 saturated heterocycles. The molecule has 0 bridgehead atoms.